The summed E-state index contributed by atoms with van der Waals surface area (Å²) in [6.45, 7) is 4.69. The highest BCUT2D eigenvalue weighted by Crippen LogP contribution is 2.32. The zero-order valence-corrected chi connectivity index (χ0v) is 17.3. The van der Waals surface area contributed by atoms with E-state index in [9.17, 15) is 8.78 Å². The van der Waals surface area contributed by atoms with Crippen molar-refractivity contribution in [1.82, 2.24) is 9.88 Å². The smallest absolute Gasteiger partial charge is 0.136 e. The molecule has 3 heterocycles. The summed E-state index contributed by atoms with van der Waals surface area (Å²) in [4.78, 5) is 7.99. The lowest BCUT2D eigenvalue weighted by atomic mass is 10.1. The lowest BCUT2D eigenvalue weighted by Crippen LogP contribution is -2.46. The van der Waals surface area contributed by atoms with Crippen molar-refractivity contribution in [2.75, 3.05) is 37.6 Å². The van der Waals surface area contributed by atoms with E-state index in [1.165, 1.54) is 17.7 Å². The van der Waals surface area contributed by atoms with E-state index < -0.39 is 0 Å². The number of halogens is 2. The van der Waals surface area contributed by atoms with Gasteiger partial charge in [0.25, 0.3) is 0 Å². The Morgan fingerprint density at radius 1 is 0.935 bits per heavy atom. The number of benzene rings is 2. The van der Waals surface area contributed by atoms with Crippen LogP contribution in [-0.2, 0) is 6.42 Å². The second-order valence-electron chi connectivity index (χ2n) is 8.07. The molecule has 1 N–H and O–H groups in total. The molecule has 1 fully saturated rings. The number of fused-ring (bicyclic) bond motifs is 1. The van der Waals surface area contributed by atoms with E-state index in [0.29, 0.717) is 5.76 Å². The molecule has 6 heteroatoms. The van der Waals surface area contributed by atoms with Gasteiger partial charge in [-0.3, -0.25) is 4.90 Å². The second kappa shape index (κ2) is 8.55. The molecular formula is C25H25F2N3O. The van der Waals surface area contributed by atoms with Gasteiger partial charge in [0.15, 0.2) is 0 Å². The van der Waals surface area contributed by atoms with Gasteiger partial charge in [-0.1, -0.05) is 0 Å². The second-order valence-corrected chi connectivity index (χ2v) is 8.07. The molecule has 0 spiro atoms. The monoisotopic (exact) mass is 421 g/mol. The van der Waals surface area contributed by atoms with Gasteiger partial charge in [-0.25, -0.2) is 8.78 Å². The predicted molar refractivity (Wildman–Crippen MR) is 119 cm³/mol. The molecule has 1 saturated heterocycles. The van der Waals surface area contributed by atoms with Crippen molar-refractivity contribution < 1.29 is 13.2 Å². The van der Waals surface area contributed by atoms with Gasteiger partial charge >= 0.3 is 0 Å². The largest absolute Gasteiger partial charge is 0.464 e. The maximum atomic E-state index is 13.9. The summed E-state index contributed by atoms with van der Waals surface area (Å²) in [5, 5.41) is 0.978. The van der Waals surface area contributed by atoms with E-state index >= 15 is 0 Å². The number of hydrogen-bond donors (Lipinski definition) is 1. The molecule has 4 nitrogen and oxygen atoms in total. The van der Waals surface area contributed by atoms with E-state index in [1.54, 1.807) is 24.5 Å². The number of anilines is 1. The minimum atomic E-state index is -0.258. The van der Waals surface area contributed by atoms with Crippen LogP contribution >= 0.6 is 0 Å². The number of nitrogens with one attached hydrogen (secondary N) is 1. The average molecular weight is 421 g/mol. The van der Waals surface area contributed by atoms with Crippen LogP contribution in [0, 0.1) is 11.6 Å². The summed E-state index contributed by atoms with van der Waals surface area (Å²) in [5.74, 6) is 0.234. The van der Waals surface area contributed by atoms with Crippen LogP contribution < -0.4 is 4.90 Å². The fourth-order valence-electron chi connectivity index (χ4n) is 4.48. The van der Waals surface area contributed by atoms with E-state index in [4.69, 9.17) is 4.42 Å². The molecule has 0 atom stereocenters. The molecule has 160 valence electrons. The average Bonchev–Trinajstić information content (AvgIpc) is 3.45. The zero-order valence-electron chi connectivity index (χ0n) is 17.3. The number of hydrogen-bond acceptors (Lipinski definition) is 3. The van der Waals surface area contributed by atoms with E-state index in [-0.39, 0.29) is 11.6 Å². The highest BCUT2D eigenvalue weighted by atomic mass is 19.1. The first-order valence-corrected chi connectivity index (χ1v) is 10.7. The van der Waals surface area contributed by atoms with Gasteiger partial charge in [-0.2, -0.15) is 0 Å². The first-order chi connectivity index (χ1) is 15.2. The van der Waals surface area contributed by atoms with Crippen molar-refractivity contribution in [1.29, 1.82) is 0 Å². The quantitative estimate of drug-likeness (QED) is 0.449. The van der Waals surface area contributed by atoms with Crippen molar-refractivity contribution in [3.8, 4) is 11.3 Å². The summed E-state index contributed by atoms with van der Waals surface area (Å²) in [7, 11) is 0. The zero-order chi connectivity index (χ0) is 21.2. The van der Waals surface area contributed by atoms with Crippen LogP contribution in [0.4, 0.5) is 14.5 Å². The predicted octanol–water partition coefficient (Wildman–Crippen LogP) is 5.46. The third kappa shape index (κ3) is 4.21. The molecule has 2 aromatic heterocycles. The fraction of sp³-hybridized carbons (Fsp3) is 0.280. The molecule has 0 unspecified atom stereocenters. The van der Waals surface area contributed by atoms with Gasteiger partial charge in [-0.15, -0.1) is 0 Å². The number of furan rings is 1. The van der Waals surface area contributed by atoms with E-state index in [1.807, 2.05) is 24.4 Å². The van der Waals surface area contributed by atoms with Gasteiger partial charge in [0.2, 0.25) is 0 Å². The lowest BCUT2D eigenvalue weighted by molar-refractivity contribution is 0.255. The molecule has 2 aromatic carbocycles. The topological polar surface area (TPSA) is 35.4 Å². The van der Waals surface area contributed by atoms with Crippen LogP contribution in [0.1, 0.15) is 12.0 Å². The van der Waals surface area contributed by atoms with Gasteiger partial charge in [0.05, 0.1) is 6.26 Å². The number of aromatic nitrogens is 1. The first-order valence-electron chi connectivity index (χ1n) is 10.7. The Balaban J connectivity index is 1.18. The fourth-order valence-corrected chi connectivity index (χ4v) is 4.48. The van der Waals surface area contributed by atoms with Crippen molar-refractivity contribution in [2.45, 2.75) is 12.8 Å². The molecule has 0 bridgehead atoms. The molecule has 0 saturated carbocycles. The SMILES string of the molecule is Fc1ccc(N2CCN(CCCc3c[nH]c4ccc(F)cc34)CC2)c(-c2ccco2)c1. The molecule has 1 aliphatic heterocycles. The molecule has 0 amide bonds. The summed E-state index contributed by atoms with van der Waals surface area (Å²) in [6, 6.07) is 13.5. The van der Waals surface area contributed by atoms with Crippen LogP contribution in [0.2, 0.25) is 0 Å². The first kappa shape index (κ1) is 19.8. The number of H-pyrrole nitrogens is 1. The molecule has 1 aliphatic rings. The minimum absolute atomic E-state index is 0.195. The molecular weight excluding hydrogens is 396 g/mol. The highest BCUT2D eigenvalue weighted by molar-refractivity contribution is 5.83. The maximum Gasteiger partial charge on any atom is 0.136 e. The molecule has 0 radical (unpaired) electrons. The number of piperazine rings is 1. The molecule has 31 heavy (non-hydrogen) atoms. The van der Waals surface area contributed by atoms with Gasteiger partial charge in [-0.05, 0) is 73.5 Å². The van der Waals surface area contributed by atoms with Crippen molar-refractivity contribution in [3.63, 3.8) is 0 Å². The lowest BCUT2D eigenvalue weighted by Gasteiger charge is -2.37. The van der Waals surface area contributed by atoms with Crippen molar-refractivity contribution in [2.24, 2.45) is 0 Å². The Morgan fingerprint density at radius 3 is 2.55 bits per heavy atom. The van der Waals surface area contributed by atoms with Crippen LogP contribution in [0.5, 0.6) is 0 Å². The van der Waals surface area contributed by atoms with Crippen LogP contribution in [0.15, 0.2) is 65.4 Å². The van der Waals surface area contributed by atoms with Crippen LogP contribution in [0.25, 0.3) is 22.2 Å². The molecule has 0 aliphatic carbocycles. The molecule has 5 rings (SSSR count). The van der Waals surface area contributed by atoms with Crippen molar-refractivity contribution >= 4 is 16.6 Å². The third-order valence-electron chi connectivity index (χ3n) is 6.11. The Hall–Kier alpha value is -3.12. The highest BCUT2D eigenvalue weighted by Gasteiger charge is 2.21. The standard InChI is InChI=1S/C25H25F2N3O/c26-19-5-7-23-21(15-19)18(17-28-23)3-1-9-29-10-12-30(13-11-29)24-8-6-20(27)16-22(24)25-4-2-14-31-25/h2,4-8,14-17,28H,1,3,9-13H2. The number of rotatable bonds is 6. The number of nitrogens with zero attached hydrogens (tertiary/aromatic N) is 2. The summed E-state index contributed by atoms with van der Waals surface area (Å²) in [5.41, 5.74) is 3.96. The van der Waals surface area contributed by atoms with Crippen LogP contribution in [-0.4, -0.2) is 42.6 Å². The van der Waals surface area contributed by atoms with Crippen molar-refractivity contribution in [3.05, 3.63) is 78.2 Å². The normalized spacial score (nSPS) is 15.1. The summed E-state index contributed by atoms with van der Waals surface area (Å²) in [6.07, 6.45) is 5.55. The third-order valence-corrected chi connectivity index (χ3v) is 6.11. The van der Waals surface area contributed by atoms with E-state index in [0.717, 1.165) is 67.7 Å². The summed E-state index contributed by atoms with van der Waals surface area (Å²) >= 11 is 0. The maximum absolute atomic E-state index is 13.9. The Morgan fingerprint density at radius 2 is 1.74 bits per heavy atom. The Bertz CT molecular complexity index is 1160. The minimum Gasteiger partial charge on any atom is -0.464 e. The Kier molecular flexibility index (Phi) is 5.47. The Labute approximate surface area is 180 Å². The molecule has 4 aromatic rings. The number of aryl methyl sites for hydroxylation is 1. The van der Waals surface area contributed by atoms with Gasteiger partial charge < -0.3 is 14.3 Å². The van der Waals surface area contributed by atoms with E-state index in [2.05, 4.69) is 14.8 Å². The summed E-state index contributed by atoms with van der Waals surface area (Å²) < 4.78 is 32.9. The van der Waals surface area contributed by atoms with Crippen LogP contribution in [0.3, 0.4) is 0 Å². The van der Waals surface area contributed by atoms with Gasteiger partial charge in [0.1, 0.15) is 17.4 Å². The van der Waals surface area contributed by atoms with Gasteiger partial charge in [0, 0.05) is 54.5 Å². The number of aromatic amines is 1.